The van der Waals surface area contributed by atoms with E-state index in [1.165, 1.54) is 0 Å². The van der Waals surface area contributed by atoms with Gasteiger partial charge in [0.05, 0.1) is 12.3 Å². The number of anilines is 2. The molecule has 0 aliphatic heterocycles. The number of aromatic nitrogens is 1. The number of nitrogens with one attached hydrogen (secondary N) is 2. The number of nitrogens with zero attached hydrogens (tertiary/aromatic N) is 1. The number of halogens is 1. The minimum atomic E-state index is -0.250. The summed E-state index contributed by atoms with van der Waals surface area (Å²) in [5.41, 5.74) is 3.03. The van der Waals surface area contributed by atoms with Gasteiger partial charge < -0.3 is 15.4 Å². The molecular formula is C16H18BrN3O2. The highest BCUT2D eigenvalue weighted by molar-refractivity contribution is 9.10. The molecule has 0 saturated carbocycles. The van der Waals surface area contributed by atoms with Crippen molar-refractivity contribution in [2.45, 2.75) is 6.92 Å². The fourth-order valence-electron chi connectivity index (χ4n) is 1.87. The van der Waals surface area contributed by atoms with Crippen molar-refractivity contribution >= 4 is 33.2 Å². The molecule has 6 heteroatoms. The van der Waals surface area contributed by atoms with Crippen molar-refractivity contribution in [2.75, 3.05) is 30.9 Å². The van der Waals surface area contributed by atoms with Gasteiger partial charge in [-0.05, 0) is 52.7 Å². The van der Waals surface area contributed by atoms with Crippen molar-refractivity contribution in [2.24, 2.45) is 0 Å². The lowest BCUT2D eigenvalue weighted by Crippen LogP contribution is -2.15. The zero-order valence-electron chi connectivity index (χ0n) is 12.5. The van der Waals surface area contributed by atoms with Crippen molar-refractivity contribution in [1.29, 1.82) is 0 Å². The van der Waals surface area contributed by atoms with E-state index in [0.717, 1.165) is 21.4 Å². The fourth-order valence-corrected chi connectivity index (χ4v) is 2.46. The highest BCUT2D eigenvalue weighted by Gasteiger charge is 2.10. The molecule has 0 atom stereocenters. The number of rotatable bonds is 6. The van der Waals surface area contributed by atoms with E-state index in [9.17, 15) is 4.79 Å². The number of pyridine rings is 1. The Balaban J connectivity index is 2.07. The zero-order valence-corrected chi connectivity index (χ0v) is 14.1. The van der Waals surface area contributed by atoms with Gasteiger partial charge in [-0.2, -0.15) is 0 Å². The van der Waals surface area contributed by atoms with Gasteiger partial charge in [-0.3, -0.25) is 9.78 Å². The molecule has 0 spiro atoms. The molecule has 0 aliphatic rings. The van der Waals surface area contributed by atoms with Crippen molar-refractivity contribution in [1.82, 2.24) is 4.98 Å². The van der Waals surface area contributed by atoms with Crippen LogP contribution in [0.4, 0.5) is 11.4 Å². The molecular weight excluding hydrogens is 346 g/mol. The van der Waals surface area contributed by atoms with Crippen molar-refractivity contribution in [3.05, 3.63) is 52.3 Å². The number of ether oxygens (including phenoxy) is 1. The maximum atomic E-state index is 12.3. The summed E-state index contributed by atoms with van der Waals surface area (Å²) in [6.45, 7) is 3.26. The summed E-state index contributed by atoms with van der Waals surface area (Å²) in [5, 5.41) is 6.02. The van der Waals surface area contributed by atoms with Crippen LogP contribution in [0.5, 0.6) is 0 Å². The van der Waals surface area contributed by atoms with E-state index in [4.69, 9.17) is 4.74 Å². The van der Waals surface area contributed by atoms with Crippen LogP contribution in [-0.4, -0.2) is 31.2 Å². The maximum absolute atomic E-state index is 12.3. The standard InChI is InChI=1S/C16H18BrN3O2/c1-11-3-4-14(13(17)9-11)20-16(21)15-10-12(5-6-19-15)18-7-8-22-2/h3-6,9-10H,7-8H2,1-2H3,(H,18,19)(H,20,21). The van der Waals surface area contributed by atoms with Gasteiger partial charge in [0.1, 0.15) is 5.69 Å². The SMILES string of the molecule is COCCNc1ccnc(C(=O)Nc2ccc(C)cc2Br)c1. The fraction of sp³-hybridized carbons (Fsp3) is 0.250. The Hall–Kier alpha value is -1.92. The lowest BCUT2D eigenvalue weighted by Gasteiger charge is -2.09. The summed E-state index contributed by atoms with van der Waals surface area (Å²) in [7, 11) is 1.65. The lowest BCUT2D eigenvalue weighted by atomic mass is 10.2. The first-order valence-electron chi connectivity index (χ1n) is 6.86. The van der Waals surface area contributed by atoms with Crippen molar-refractivity contribution < 1.29 is 9.53 Å². The minimum absolute atomic E-state index is 0.250. The minimum Gasteiger partial charge on any atom is -0.383 e. The molecule has 1 heterocycles. The van der Waals surface area contributed by atoms with Crippen LogP contribution < -0.4 is 10.6 Å². The van der Waals surface area contributed by atoms with E-state index in [1.54, 1.807) is 19.4 Å². The first-order valence-corrected chi connectivity index (χ1v) is 7.66. The quantitative estimate of drug-likeness (QED) is 0.771. The van der Waals surface area contributed by atoms with Crippen LogP contribution in [-0.2, 0) is 4.74 Å². The molecule has 5 nitrogen and oxygen atoms in total. The Bertz CT molecular complexity index is 662. The highest BCUT2D eigenvalue weighted by Crippen LogP contribution is 2.24. The molecule has 0 fully saturated rings. The summed E-state index contributed by atoms with van der Waals surface area (Å²) >= 11 is 3.44. The maximum Gasteiger partial charge on any atom is 0.274 e. The first kappa shape index (κ1) is 16.5. The second kappa shape index (κ2) is 7.91. The Morgan fingerprint density at radius 2 is 2.14 bits per heavy atom. The molecule has 0 aliphatic carbocycles. The number of methoxy groups -OCH3 is 1. The lowest BCUT2D eigenvalue weighted by molar-refractivity contribution is 0.102. The first-order chi connectivity index (χ1) is 10.6. The second-order valence-electron chi connectivity index (χ2n) is 4.79. The van der Waals surface area contributed by atoms with Gasteiger partial charge in [0.25, 0.3) is 5.91 Å². The number of hydrogen-bond acceptors (Lipinski definition) is 4. The number of carbonyl (C=O) groups excluding carboxylic acids is 1. The second-order valence-corrected chi connectivity index (χ2v) is 5.64. The van der Waals surface area contributed by atoms with Gasteiger partial charge in [-0.1, -0.05) is 6.07 Å². The number of amides is 1. The van der Waals surface area contributed by atoms with Crippen molar-refractivity contribution in [3.8, 4) is 0 Å². The Labute approximate surface area is 138 Å². The largest absolute Gasteiger partial charge is 0.383 e. The average Bonchev–Trinajstić information content (AvgIpc) is 2.50. The summed E-state index contributed by atoms with van der Waals surface area (Å²) in [4.78, 5) is 16.4. The van der Waals surface area contributed by atoms with Crippen LogP contribution in [0.25, 0.3) is 0 Å². The van der Waals surface area contributed by atoms with E-state index in [1.807, 2.05) is 31.2 Å². The highest BCUT2D eigenvalue weighted by atomic mass is 79.9. The normalized spacial score (nSPS) is 10.3. The van der Waals surface area contributed by atoms with Gasteiger partial charge >= 0.3 is 0 Å². The molecule has 1 aromatic carbocycles. The Morgan fingerprint density at radius 3 is 2.86 bits per heavy atom. The molecule has 116 valence electrons. The Kier molecular flexibility index (Phi) is 5.91. The Morgan fingerprint density at radius 1 is 1.32 bits per heavy atom. The summed E-state index contributed by atoms with van der Waals surface area (Å²) in [5.74, 6) is -0.250. The smallest absolute Gasteiger partial charge is 0.274 e. The van der Waals surface area contributed by atoms with Crippen molar-refractivity contribution in [3.63, 3.8) is 0 Å². The predicted molar refractivity (Wildman–Crippen MR) is 91.4 cm³/mol. The van der Waals surface area contributed by atoms with E-state index < -0.39 is 0 Å². The molecule has 0 saturated heterocycles. The molecule has 0 bridgehead atoms. The monoisotopic (exact) mass is 363 g/mol. The number of benzene rings is 1. The molecule has 2 N–H and O–H groups in total. The molecule has 0 unspecified atom stereocenters. The van der Waals surface area contributed by atoms with E-state index in [0.29, 0.717) is 18.8 Å². The summed E-state index contributed by atoms with van der Waals surface area (Å²) < 4.78 is 5.82. The average molecular weight is 364 g/mol. The number of carbonyl (C=O) groups is 1. The molecule has 22 heavy (non-hydrogen) atoms. The third-order valence-electron chi connectivity index (χ3n) is 3.00. The van der Waals surface area contributed by atoms with Gasteiger partial charge in [0.15, 0.2) is 0 Å². The van der Waals surface area contributed by atoms with E-state index >= 15 is 0 Å². The van der Waals surface area contributed by atoms with Crippen LogP contribution in [0.3, 0.4) is 0 Å². The van der Waals surface area contributed by atoms with Gasteiger partial charge in [0, 0.05) is 30.0 Å². The van der Waals surface area contributed by atoms with Gasteiger partial charge in [-0.15, -0.1) is 0 Å². The number of aryl methyl sites for hydroxylation is 1. The molecule has 2 aromatic rings. The van der Waals surface area contributed by atoms with Gasteiger partial charge in [-0.25, -0.2) is 0 Å². The topological polar surface area (TPSA) is 63.2 Å². The van der Waals surface area contributed by atoms with Crippen LogP contribution in [0, 0.1) is 6.92 Å². The van der Waals surface area contributed by atoms with Gasteiger partial charge in [0.2, 0.25) is 0 Å². The van der Waals surface area contributed by atoms with E-state index in [2.05, 4.69) is 31.5 Å². The molecule has 1 amide bonds. The predicted octanol–water partition coefficient (Wildman–Crippen LogP) is 3.46. The molecule has 2 rings (SSSR count). The summed E-state index contributed by atoms with van der Waals surface area (Å²) in [6, 6.07) is 9.28. The van der Waals surface area contributed by atoms with Crippen LogP contribution >= 0.6 is 15.9 Å². The third-order valence-corrected chi connectivity index (χ3v) is 3.66. The molecule has 0 radical (unpaired) electrons. The van der Waals surface area contributed by atoms with Crippen LogP contribution in [0.2, 0.25) is 0 Å². The van der Waals surface area contributed by atoms with Crippen LogP contribution in [0.15, 0.2) is 41.0 Å². The summed E-state index contributed by atoms with van der Waals surface area (Å²) in [6.07, 6.45) is 1.61. The number of hydrogen-bond donors (Lipinski definition) is 2. The van der Waals surface area contributed by atoms with Crippen LogP contribution in [0.1, 0.15) is 16.1 Å². The van der Waals surface area contributed by atoms with E-state index in [-0.39, 0.29) is 5.91 Å². The molecule has 1 aromatic heterocycles. The third kappa shape index (κ3) is 4.54. The zero-order chi connectivity index (χ0) is 15.9.